The number of anilines is 1. The van der Waals surface area contributed by atoms with E-state index in [9.17, 15) is 14.4 Å². The first-order valence-electron chi connectivity index (χ1n) is 10.4. The molecule has 0 spiro atoms. The molecule has 156 valence electrons. The van der Waals surface area contributed by atoms with Crippen LogP contribution in [0.1, 0.15) is 54.4 Å². The number of nitrogens with zero attached hydrogens (tertiary/aromatic N) is 2. The van der Waals surface area contributed by atoms with Gasteiger partial charge in [0.1, 0.15) is 5.54 Å². The Kier molecular flexibility index (Phi) is 5.65. The van der Waals surface area contributed by atoms with E-state index in [0.29, 0.717) is 42.0 Å². The lowest BCUT2D eigenvalue weighted by Crippen LogP contribution is -2.54. The monoisotopic (exact) mass is 424 g/mol. The molecule has 1 heterocycles. The largest absolute Gasteiger partial charge is 0.325 e. The lowest BCUT2D eigenvalue weighted by atomic mass is 9.74. The number of ketones is 1. The van der Waals surface area contributed by atoms with E-state index in [-0.39, 0.29) is 17.6 Å². The molecule has 1 aliphatic carbocycles. The number of benzene rings is 2. The van der Waals surface area contributed by atoms with Crippen molar-refractivity contribution in [3.8, 4) is 0 Å². The van der Waals surface area contributed by atoms with Crippen LogP contribution in [-0.2, 0) is 15.1 Å². The minimum Gasteiger partial charge on any atom is -0.325 e. The van der Waals surface area contributed by atoms with Crippen molar-refractivity contribution in [2.75, 3.05) is 18.5 Å². The van der Waals surface area contributed by atoms with Gasteiger partial charge in [-0.1, -0.05) is 29.8 Å². The van der Waals surface area contributed by atoms with Gasteiger partial charge in [0.2, 0.25) is 5.91 Å². The summed E-state index contributed by atoms with van der Waals surface area (Å²) >= 11 is 6.49. The van der Waals surface area contributed by atoms with Crippen molar-refractivity contribution in [2.24, 2.45) is 0 Å². The standard InChI is InChI=1S/C24H25ClN2O3/c1-26(23(30)17-11-13-18(14-12-17)27-16-6-10-22(27)29)24(15-5-4-9-21(24)28)19-7-2-3-8-20(19)25/h2-3,7-8,11-14H,4-6,9-10,15-16H2,1H3. The molecule has 0 bridgehead atoms. The number of Topliss-reactive ketones (excluding diaryl/α,β-unsaturated/α-hetero) is 1. The third-order valence-electron chi connectivity index (χ3n) is 6.35. The van der Waals surface area contributed by atoms with Crippen molar-refractivity contribution in [1.82, 2.24) is 4.90 Å². The van der Waals surface area contributed by atoms with Crippen LogP contribution in [0.25, 0.3) is 0 Å². The Morgan fingerprint density at radius 1 is 1.00 bits per heavy atom. The Morgan fingerprint density at radius 3 is 2.37 bits per heavy atom. The van der Waals surface area contributed by atoms with E-state index in [4.69, 9.17) is 11.6 Å². The molecule has 2 aliphatic rings. The second-order valence-corrected chi connectivity index (χ2v) is 8.44. The molecule has 1 unspecified atom stereocenters. The summed E-state index contributed by atoms with van der Waals surface area (Å²) in [6.07, 6.45) is 4.07. The average Bonchev–Trinajstić information content (AvgIpc) is 3.20. The molecule has 4 rings (SSSR count). The van der Waals surface area contributed by atoms with Gasteiger partial charge in [-0.25, -0.2) is 0 Å². The molecule has 0 radical (unpaired) electrons. The predicted octanol–water partition coefficient (Wildman–Crippen LogP) is 4.58. The van der Waals surface area contributed by atoms with Crippen LogP contribution < -0.4 is 4.90 Å². The van der Waals surface area contributed by atoms with Crippen LogP contribution in [0.4, 0.5) is 5.69 Å². The molecular formula is C24H25ClN2O3. The number of hydrogen-bond donors (Lipinski definition) is 0. The van der Waals surface area contributed by atoms with E-state index in [0.717, 1.165) is 24.9 Å². The first kappa shape index (κ1) is 20.6. The van der Waals surface area contributed by atoms with Gasteiger partial charge in [0, 0.05) is 48.3 Å². The first-order chi connectivity index (χ1) is 14.4. The van der Waals surface area contributed by atoms with Gasteiger partial charge in [-0.15, -0.1) is 0 Å². The predicted molar refractivity (Wildman–Crippen MR) is 117 cm³/mol. The van der Waals surface area contributed by atoms with Crippen molar-refractivity contribution in [2.45, 2.75) is 44.1 Å². The smallest absolute Gasteiger partial charge is 0.254 e. The molecule has 6 heteroatoms. The molecule has 0 N–H and O–H groups in total. The number of carbonyl (C=O) groups excluding carboxylic acids is 3. The SMILES string of the molecule is CN(C(=O)c1ccc(N2CCCC2=O)cc1)C1(c2ccccc2Cl)CCCCC1=O. The number of hydrogen-bond acceptors (Lipinski definition) is 3. The molecule has 1 aliphatic heterocycles. The Labute approximate surface area is 181 Å². The molecular weight excluding hydrogens is 400 g/mol. The van der Waals surface area contributed by atoms with Crippen LogP contribution in [0.15, 0.2) is 48.5 Å². The summed E-state index contributed by atoms with van der Waals surface area (Å²) in [7, 11) is 1.69. The van der Waals surface area contributed by atoms with Crippen LogP contribution >= 0.6 is 11.6 Å². The van der Waals surface area contributed by atoms with Crippen molar-refractivity contribution in [3.63, 3.8) is 0 Å². The van der Waals surface area contributed by atoms with E-state index in [1.807, 2.05) is 18.2 Å². The van der Waals surface area contributed by atoms with Gasteiger partial charge in [0.05, 0.1) is 0 Å². The fraction of sp³-hybridized carbons (Fsp3) is 0.375. The highest BCUT2D eigenvalue weighted by atomic mass is 35.5. The quantitative estimate of drug-likeness (QED) is 0.721. The van der Waals surface area contributed by atoms with Crippen LogP contribution in [-0.4, -0.2) is 36.1 Å². The highest BCUT2D eigenvalue weighted by Gasteiger charge is 2.48. The summed E-state index contributed by atoms with van der Waals surface area (Å²) in [6, 6.07) is 14.3. The molecule has 2 aromatic carbocycles. The fourth-order valence-electron chi connectivity index (χ4n) is 4.70. The lowest BCUT2D eigenvalue weighted by molar-refractivity contribution is -0.132. The highest BCUT2D eigenvalue weighted by molar-refractivity contribution is 6.31. The topological polar surface area (TPSA) is 57.7 Å². The minimum absolute atomic E-state index is 0.0250. The van der Waals surface area contributed by atoms with Crippen molar-refractivity contribution in [3.05, 3.63) is 64.7 Å². The van der Waals surface area contributed by atoms with E-state index >= 15 is 0 Å². The van der Waals surface area contributed by atoms with Gasteiger partial charge < -0.3 is 9.80 Å². The maximum Gasteiger partial charge on any atom is 0.254 e. The molecule has 5 nitrogen and oxygen atoms in total. The summed E-state index contributed by atoms with van der Waals surface area (Å²) in [5.74, 6) is -0.0990. The Balaban J connectivity index is 1.67. The number of carbonyl (C=O) groups is 3. The van der Waals surface area contributed by atoms with Crippen LogP contribution in [0.5, 0.6) is 0 Å². The highest BCUT2D eigenvalue weighted by Crippen LogP contribution is 2.42. The second kappa shape index (κ2) is 8.23. The van der Waals surface area contributed by atoms with Crippen LogP contribution in [0.2, 0.25) is 5.02 Å². The second-order valence-electron chi connectivity index (χ2n) is 8.03. The minimum atomic E-state index is -1.06. The molecule has 30 heavy (non-hydrogen) atoms. The lowest BCUT2D eigenvalue weighted by Gasteiger charge is -2.44. The van der Waals surface area contributed by atoms with Gasteiger partial charge in [0.25, 0.3) is 5.91 Å². The fourth-order valence-corrected chi connectivity index (χ4v) is 4.99. The van der Waals surface area contributed by atoms with Crippen LogP contribution in [0, 0.1) is 0 Å². The summed E-state index contributed by atoms with van der Waals surface area (Å²) in [6.45, 7) is 0.705. The molecule has 1 saturated heterocycles. The van der Waals surface area contributed by atoms with Crippen LogP contribution in [0.3, 0.4) is 0 Å². The maximum absolute atomic E-state index is 13.4. The van der Waals surface area contributed by atoms with E-state index in [1.165, 1.54) is 0 Å². The van der Waals surface area contributed by atoms with E-state index in [2.05, 4.69) is 0 Å². The average molecular weight is 425 g/mol. The molecule has 1 saturated carbocycles. The first-order valence-corrected chi connectivity index (χ1v) is 10.8. The van der Waals surface area contributed by atoms with Crippen molar-refractivity contribution >= 4 is 34.9 Å². The third kappa shape index (κ3) is 3.41. The zero-order valence-electron chi connectivity index (χ0n) is 17.1. The summed E-state index contributed by atoms with van der Waals surface area (Å²) in [5, 5.41) is 0.496. The van der Waals surface area contributed by atoms with Gasteiger partial charge in [-0.05, 0) is 56.0 Å². The number of halogens is 1. The van der Waals surface area contributed by atoms with Gasteiger partial charge in [-0.2, -0.15) is 0 Å². The molecule has 2 amide bonds. The number of likely N-dealkylation sites (N-methyl/N-ethyl adjacent to an activating group) is 1. The number of amides is 2. The third-order valence-corrected chi connectivity index (χ3v) is 6.68. The molecule has 2 aromatic rings. The van der Waals surface area contributed by atoms with Crippen molar-refractivity contribution < 1.29 is 14.4 Å². The molecule has 0 aromatic heterocycles. The zero-order valence-corrected chi connectivity index (χ0v) is 17.8. The van der Waals surface area contributed by atoms with Crippen molar-refractivity contribution in [1.29, 1.82) is 0 Å². The normalized spacial score (nSPS) is 21.7. The zero-order chi connectivity index (χ0) is 21.3. The molecule has 1 atom stereocenters. The van der Waals surface area contributed by atoms with Gasteiger partial charge in [0.15, 0.2) is 5.78 Å². The van der Waals surface area contributed by atoms with Gasteiger partial charge in [-0.3, -0.25) is 14.4 Å². The summed E-state index contributed by atoms with van der Waals surface area (Å²) < 4.78 is 0. The van der Waals surface area contributed by atoms with E-state index in [1.54, 1.807) is 47.2 Å². The summed E-state index contributed by atoms with van der Waals surface area (Å²) in [4.78, 5) is 41.9. The summed E-state index contributed by atoms with van der Waals surface area (Å²) in [5.41, 5.74) is 0.910. The Hall–Kier alpha value is -2.66. The van der Waals surface area contributed by atoms with Gasteiger partial charge >= 0.3 is 0 Å². The Bertz CT molecular complexity index is 988. The Morgan fingerprint density at radius 2 is 1.73 bits per heavy atom. The van der Waals surface area contributed by atoms with E-state index < -0.39 is 5.54 Å². The molecule has 2 fully saturated rings. The number of rotatable bonds is 4. The maximum atomic E-state index is 13.4.